The van der Waals surface area contributed by atoms with Crippen LogP contribution in [0.4, 0.5) is 0 Å². The van der Waals surface area contributed by atoms with Crippen molar-refractivity contribution in [1.82, 2.24) is 0 Å². The van der Waals surface area contributed by atoms with Crippen LogP contribution in [0.3, 0.4) is 0 Å². The molecule has 3 aliphatic heterocycles. The molecule has 9 atom stereocenters. The van der Waals surface area contributed by atoms with Gasteiger partial charge in [-0.3, -0.25) is 0 Å². The molecule has 0 saturated carbocycles. The Hall–Kier alpha value is -2.72. The Morgan fingerprint density at radius 3 is 1.73 bits per heavy atom. The lowest BCUT2D eigenvalue weighted by Gasteiger charge is -2.39. The minimum atomic E-state index is -1.62. The fourth-order valence-corrected chi connectivity index (χ4v) is 5.89. The summed E-state index contributed by atoms with van der Waals surface area (Å²) in [5.41, 5.74) is 2.05. The fourth-order valence-electron chi connectivity index (χ4n) is 5.89. The van der Waals surface area contributed by atoms with E-state index >= 15 is 0 Å². The molecule has 3 saturated heterocycles. The second-order valence-corrected chi connectivity index (χ2v) is 10.4. The largest absolute Gasteiger partial charge is 0.507 e. The number of ether oxygens (including phenoxy) is 6. The van der Waals surface area contributed by atoms with Gasteiger partial charge in [0.05, 0.1) is 59.5 Å². The third kappa shape index (κ3) is 5.33. The summed E-state index contributed by atoms with van der Waals surface area (Å²) in [6, 6.07) is 6.76. The van der Waals surface area contributed by atoms with Crippen LogP contribution in [0.25, 0.3) is 0 Å². The highest BCUT2D eigenvalue weighted by Gasteiger charge is 2.49. The highest BCUT2D eigenvalue weighted by atomic mass is 16.7. The van der Waals surface area contributed by atoms with Gasteiger partial charge in [-0.05, 0) is 35.4 Å². The van der Waals surface area contributed by atoms with Crippen molar-refractivity contribution in [2.75, 3.05) is 34.0 Å². The molecule has 3 fully saturated rings. The minimum absolute atomic E-state index is 0.0512. The number of aliphatic hydroxyl groups excluding tert-OH is 6. The summed E-state index contributed by atoms with van der Waals surface area (Å²) in [5.74, 6) is 0.296. The molecule has 3 aliphatic rings. The third-order valence-corrected chi connectivity index (χ3v) is 8.12. The molecule has 2 aromatic carbocycles. The van der Waals surface area contributed by atoms with Crippen molar-refractivity contribution in [2.24, 2.45) is 11.8 Å². The van der Waals surface area contributed by atoms with E-state index in [4.69, 9.17) is 28.4 Å². The van der Waals surface area contributed by atoms with Gasteiger partial charge in [0, 0.05) is 23.0 Å². The summed E-state index contributed by atoms with van der Waals surface area (Å²) in [6.45, 7) is -0.627. The van der Waals surface area contributed by atoms with Gasteiger partial charge in [-0.2, -0.15) is 0 Å². The second-order valence-electron chi connectivity index (χ2n) is 10.4. The van der Waals surface area contributed by atoms with Gasteiger partial charge in [-0.25, -0.2) is 0 Å². The predicted octanol–water partition coefficient (Wildman–Crippen LogP) is -0.352. The van der Waals surface area contributed by atoms with Crippen molar-refractivity contribution >= 4 is 0 Å². The normalized spacial score (nSPS) is 33.0. The van der Waals surface area contributed by atoms with Crippen LogP contribution in [0, 0.1) is 11.8 Å². The van der Waals surface area contributed by atoms with Crippen LogP contribution < -0.4 is 14.2 Å². The monoisotopic (exact) mass is 580 g/mol. The smallest absolute Gasteiger partial charge is 0.229 e. The van der Waals surface area contributed by atoms with Crippen LogP contribution in [-0.4, -0.2) is 100 Å². The molecular formula is C28H36O13. The van der Waals surface area contributed by atoms with E-state index in [2.05, 4.69) is 0 Å². The lowest BCUT2D eigenvalue weighted by molar-refractivity contribution is -0.277. The molecule has 0 bridgehead atoms. The van der Waals surface area contributed by atoms with Crippen LogP contribution in [0.2, 0.25) is 0 Å². The Morgan fingerprint density at radius 2 is 1.27 bits per heavy atom. The fraction of sp³-hybridized carbons (Fsp3) is 0.571. The van der Waals surface area contributed by atoms with Crippen LogP contribution in [0.5, 0.6) is 23.0 Å². The Kier molecular flexibility index (Phi) is 8.90. The van der Waals surface area contributed by atoms with Crippen molar-refractivity contribution in [1.29, 1.82) is 0 Å². The molecule has 0 radical (unpaired) electrons. The molecule has 226 valence electrons. The number of benzene rings is 2. The number of methoxy groups -OCH3 is 2. The van der Waals surface area contributed by atoms with Gasteiger partial charge in [0.25, 0.3) is 0 Å². The van der Waals surface area contributed by atoms with Gasteiger partial charge in [0.2, 0.25) is 12.0 Å². The predicted molar refractivity (Wildman–Crippen MR) is 138 cm³/mol. The molecule has 13 nitrogen and oxygen atoms in total. The van der Waals surface area contributed by atoms with E-state index in [1.807, 2.05) is 0 Å². The van der Waals surface area contributed by atoms with Crippen molar-refractivity contribution in [2.45, 2.75) is 56.1 Å². The molecule has 2 aromatic rings. The lowest BCUT2D eigenvalue weighted by Crippen LogP contribution is -2.60. The Balaban J connectivity index is 1.40. The molecule has 0 aliphatic carbocycles. The molecule has 7 N–H and O–H groups in total. The Labute approximate surface area is 236 Å². The van der Waals surface area contributed by atoms with Crippen molar-refractivity contribution in [3.05, 3.63) is 46.5 Å². The molecule has 5 rings (SSSR count). The number of aromatic hydroxyl groups is 1. The van der Waals surface area contributed by atoms with Gasteiger partial charge in [0.1, 0.15) is 30.2 Å². The van der Waals surface area contributed by atoms with Crippen molar-refractivity contribution in [3.63, 3.8) is 0 Å². The van der Waals surface area contributed by atoms with Crippen LogP contribution >= 0.6 is 0 Å². The zero-order valence-electron chi connectivity index (χ0n) is 22.6. The molecule has 0 amide bonds. The van der Waals surface area contributed by atoms with E-state index in [0.717, 1.165) is 11.1 Å². The van der Waals surface area contributed by atoms with Crippen LogP contribution in [0.1, 0.15) is 34.5 Å². The first-order valence-corrected chi connectivity index (χ1v) is 13.3. The van der Waals surface area contributed by atoms with Gasteiger partial charge >= 0.3 is 0 Å². The van der Waals surface area contributed by atoms with Gasteiger partial charge in [-0.1, -0.05) is 0 Å². The third-order valence-electron chi connectivity index (χ3n) is 8.12. The lowest BCUT2D eigenvalue weighted by atomic mass is 9.84. The van der Waals surface area contributed by atoms with E-state index in [0.29, 0.717) is 24.3 Å². The maximum absolute atomic E-state index is 10.4. The topological polar surface area (TPSA) is 197 Å². The maximum atomic E-state index is 10.4. The van der Waals surface area contributed by atoms with E-state index in [9.17, 15) is 35.7 Å². The number of aliphatic hydroxyl groups is 6. The summed E-state index contributed by atoms with van der Waals surface area (Å²) in [5, 5.41) is 69.8. The molecule has 5 unspecified atom stereocenters. The SMILES string of the molecule is COc1cc(C2OCC3C(c4cc(CO)c(O)c(CO)c4)OCC23)cc(OC)c1OC1O[C@H](CO)[C@@H](O)[C@H](O)[C@H]1O. The molecule has 0 spiro atoms. The summed E-state index contributed by atoms with van der Waals surface area (Å²) >= 11 is 0. The first-order valence-electron chi connectivity index (χ1n) is 13.3. The zero-order valence-corrected chi connectivity index (χ0v) is 22.6. The van der Waals surface area contributed by atoms with Gasteiger partial charge in [0.15, 0.2) is 11.5 Å². The average Bonchev–Trinajstić information content (AvgIpc) is 3.60. The number of fused-ring (bicyclic) bond motifs is 1. The summed E-state index contributed by atoms with van der Waals surface area (Å²) in [7, 11) is 2.85. The van der Waals surface area contributed by atoms with E-state index in [1.54, 1.807) is 24.3 Å². The summed E-state index contributed by atoms with van der Waals surface area (Å²) in [6.07, 6.45) is -8.13. The standard InChI is InChI=1S/C28H36O13/c1-36-18-5-13(6-19(37-2)27(18)41-28-24(35)23(34)22(33)20(9-31)40-28)26-17-11-38-25(16(17)10-39-26)12-3-14(7-29)21(32)15(4-12)8-30/h3-6,16-17,20,22-26,28-35H,7-11H2,1-2H3/t16?,17?,20-,22-,23+,24-,25?,26?,28?/m1/s1. The van der Waals surface area contributed by atoms with Crippen LogP contribution in [-0.2, 0) is 27.4 Å². The Bertz CT molecular complexity index is 1170. The minimum Gasteiger partial charge on any atom is -0.507 e. The Morgan fingerprint density at radius 1 is 0.756 bits per heavy atom. The second kappa shape index (κ2) is 12.3. The van der Waals surface area contributed by atoms with E-state index in [1.165, 1.54) is 14.2 Å². The summed E-state index contributed by atoms with van der Waals surface area (Å²) in [4.78, 5) is 0. The molecular weight excluding hydrogens is 544 g/mol. The quantitative estimate of drug-likeness (QED) is 0.203. The van der Waals surface area contributed by atoms with Crippen molar-refractivity contribution < 1.29 is 64.2 Å². The highest BCUT2D eigenvalue weighted by molar-refractivity contribution is 5.55. The first-order chi connectivity index (χ1) is 19.8. The van der Waals surface area contributed by atoms with Gasteiger partial charge in [-0.15, -0.1) is 0 Å². The number of phenols is 1. The first kappa shape index (κ1) is 29.8. The maximum Gasteiger partial charge on any atom is 0.229 e. The number of rotatable bonds is 9. The molecule has 41 heavy (non-hydrogen) atoms. The van der Waals surface area contributed by atoms with Crippen LogP contribution in [0.15, 0.2) is 24.3 Å². The zero-order chi connectivity index (χ0) is 29.4. The number of hydrogen-bond acceptors (Lipinski definition) is 13. The summed E-state index contributed by atoms with van der Waals surface area (Å²) < 4.78 is 34.9. The number of hydrogen-bond donors (Lipinski definition) is 7. The van der Waals surface area contributed by atoms with Crippen molar-refractivity contribution in [3.8, 4) is 23.0 Å². The molecule has 3 heterocycles. The van der Waals surface area contributed by atoms with Gasteiger partial charge < -0.3 is 64.2 Å². The average molecular weight is 581 g/mol. The molecule has 13 heteroatoms. The highest BCUT2D eigenvalue weighted by Crippen LogP contribution is 2.52. The van der Waals surface area contributed by atoms with E-state index < -0.39 is 43.4 Å². The van der Waals surface area contributed by atoms with E-state index in [-0.39, 0.29) is 54.2 Å². The molecule has 0 aromatic heterocycles.